The summed E-state index contributed by atoms with van der Waals surface area (Å²) in [5, 5.41) is 18.1. The number of likely N-dealkylation sites (tertiary alicyclic amines) is 1. The van der Waals surface area contributed by atoms with Crippen molar-refractivity contribution in [2.75, 3.05) is 25.0 Å². The van der Waals surface area contributed by atoms with E-state index < -0.39 is 12.1 Å². The van der Waals surface area contributed by atoms with Gasteiger partial charge in [0.15, 0.2) is 6.10 Å². The number of halogens is 2. The second kappa shape index (κ2) is 14.0. The van der Waals surface area contributed by atoms with Crippen LogP contribution >= 0.6 is 23.2 Å². The molecule has 1 aromatic heterocycles. The van der Waals surface area contributed by atoms with E-state index in [2.05, 4.69) is 25.8 Å². The highest BCUT2D eigenvalue weighted by Gasteiger charge is 2.22. The van der Waals surface area contributed by atoms with E-state index in [1.54, 1.807) is 18.2 Å². The van der Waals surface area contributed by atoms with Gasteiger partial charge in [0.25, 0.3) is 5.91 Å². The van der Waals surface area contributed by atoms with Gasteiger partial charge in [-0.25, -0.2) is 9.78 Å². The first-order valence-electron chi connectivity index (χ1n) is 12.1. The molecule has 4 N–H and O–H groups in total. The van der Waals surface area contributed by atoms with Crippen molar-refractivity contribution in [3.8, 4) is 5.88 Å². The van der Waals surface area contributed by atoms with Crippen LogP contribution in [0.15, 0.2) is 36.5 Å². The van der Waals surface area contributed by atoms with Crippen LogP contribution in [0.3, 0.4) is 0 Å². The minimum absolute atomic E-state index is 0.0559. The maximum absolute atomic E-state index is 12.7. The van der Waals surface area contributed by atoms with Crippen LogP contribution in [-0.2, 0) is 16.1 Å². The lowest BCUT2D eigenvalue weighted by molar-refractivity contribution is -0.137. The zero-order valence-corrected chi connectivity index (χ0v) is 22.0. The number of pyridine rings is 1. The third-order valence-electron chi connectivity index (χ3n) is 5.83. The lowest BCUT2D eigenvalue weighted by Gasteiger charge is -2.32. The molecule has 200 valence electrons. The zero-order chi connectivity index (χ0) is 26.8. The maximum atomic E-state index is 12.7. The number of anilines is 1. The van der Waals surface area contributed by atoms with Gasteiger partial charge >= 0.3 is 12.0 Å². The number of piperidine rings is 1. The lowest BCUT2D eigenvalue weighted by atomic mass is 10.1. The summed E-state index contributed by atoms with van der Waals surface area (Å²) in [6.45, 7) is 3.96. The van der Waals surface area contributed by atoms with Crippen molar-refractivity contribution in [1.82, 2.24) is 20.5 Å². The normalized spacial score (nSPS) is 16.5. The highest BCUT2D eigenvalue weighted by atomic mass is 35.5. The average Bonchev–Trinajstić information content (AvgIpc) is 2.86. The predicted molar refractivity (Wildman–Crippen MR) is 141 cm³/mol. The zero-order valence-electron chi connectivity index (χ0n) is 20.5. The van der Waals surface area contributed by atoms with Crippen molar-refractivity contribution in [2.45, 2.75) is 51.3 Å². The highest BCUT2D eigenvalue weighted by molar-refractivity contribution is 6.35. The van der Waals surface area contributed by atoms with Crippen LogP contribution < -0.4 is 20.7 Å². The van der Waals surface area contributed by atoms with Gasteiger partial charge in [0.1, 0.15) is 5.02 Å². The van der Waals surface area contributed by atoms with Gasteiger partial charge in [-0.1, -0.05) is 42.3 Å². The second-order valence-corrected chi connectivity index (χ2v) is 9.60. The van der Waals surface area contributed by atoms with Crippen molar-refractivity contribution in [1.29, 1.82) is 0 Å². The fraction of sp³-hybridized carbons (Fsp3) is 0.440. The Bertz CT molecular complexity index is 1100. The van der Waals surface area contributed by atoms with E-state index >= 15 is 0 Å². The van der Waals surface area contributed by atoms with Crippen LogP contribution in [0, 0.1) is 0 Å². The first-order chi connectivity index (χ1) is 17.7. The van der Waals surface area contributed by atoms with Gasteiger partial charge in [-0.15, -0.1) is 0 Å². The lowest BCUT2D eigenvalue weighted by Crippen LogP contribution is -2.49. The summed E-state index contributed by atoms with van der Waals surface area (Å²) in [5.41, 5.74) is 1.38. The number of urea groups is 1. The van der Waals surface area contributed by atoms with E-state index in [1.165, 1.54) is 12.3 Å². The average molecular weight is 552 g/mol. The van der Waals surface area contributed by atoms with Gasteiger partial charge in [0.2, 0.25) is 5.88 Å². The highest BCUT2D eigenvalue weighted by Crippen LogP contribution is 2.26. The number of ether oxygens (including phenoxy) is 1. The summed E-state index contributed by atoms with van der Waals surface area (Å²) in [7, 11) is 0. The Morgan fingerprint density at radius 1 is 1.27 bits per heavy atom. The van der Waals surface area contributed by atoms with E-state index in [-0.39, 0.29) is 41.8 Å². The second-order valence-electron chi connectivity index (χ2n) is 8.76. The number of carboxylic acids is 1. The first-order valence-corrected chi connectivity index (χ1v) is 12.8. The van der Waals surface area contributed by atoms with Crippen molar-refractivity contribution >= 4 is 46.8 Å². The van der Waals surface area contributed by atoms with Crippen molar-refractivity contribution in [3.05, 3.63) is 52.1 Å². The number of aromatic nitrogens is 1. The number of hydrogen-bond donors (Lipinski definition) is 4. The molecule has 0 aliphatic carbocycles. The van der Waals surface area contributed by atoms with Gasteiger partial charge in [-0.3, -0.25) is 9.59 Å². The molecule has 1 saturated heterocycles. The standard InChI is InChI=1S/C25H31Cl2N5O5/c1-2-21(37-24-20(27)12-17(26)14-29-24)23(35)28-13-16-5-3-6-18(11-16)30-25(36)31-19-7-4-9-32(15-19)10-8-22(33)34/h3,5-6,11-12,14,19,21H,2,4,7-10,13,15H2,1H3,(H,28,35)(H,33,34)(H2,30,31,36). The Kier molecular flexibility index (Phi) is 10.8. The third kappa shape index (κ3) is 9.38. The molecule has 1 aliphatic heterocycles. The molecular formula is C25H31Cl2N5O5. The molecule has 0 spiro atoms. The largest absolute Gasteiger partial charge is 0.481 e. The quantitative estimate of drug-likeness (QED) is 0.332. The molecule has 0 radical (unpaired) electrons. The van der Waals surface area contributed by atoms with Crippen molar-refractivity contribution in [3.63, 3.8) is 0 Å². The van der Waals surface area contributed by atoms with Gasteiger partial charge in [-0.2, -0.15) is 0 Å². The smallest absolute Gasteiger partial charge is 0.319 e. The molecule has 0 bridgehead atoms. The van der Waals surface area contributed by atoms with E-state index in [1.807, 2.05) is 13.0 Å². The monoisotopic (exact) mass is 551 g/mol. The first kappa shape index (κ1) is 28.5. The van der Waals surface area contributed by atoms with Crippen LogP contribution in [0.1, 0.15) is 38.2 Å². The van der Waals surface area contributed by atoms with Gasteiger partial charge in [0.05, 0.1) is 11.4 Å². The molecule has 2 unspecified atom stereocenters. The number of aliphatic carboxylic acids is 1. The molecule has 3 amide bonds. The van der Waals surface area contributed by atoms with E-state index in [4.69, 9.17) is 33.0 Å². The van der Waals surface area contributed by atoms with Gasteiger partial charge < -0.3 is 30.7 Å². The summed E-state index contributed by atoms with van der Waals surface area (Å²) < 4.78 is 5.67. The Balaban J connectivity index is 1.48. The number of carboxylic acid groups (broad SMARTS) is 1. The molecule has 2 atom stereocenters. The molecule has 1 aromatic carbocycles. The van der Waals surface area contributed by atoms with Gasteiger partial charge in [-0.05, 0) is 49.6 Å². The number of amides is 3. The number of nitrogens with zero attached hydrogens (tertiary/aromatic N) is 2. The summed E-state index contributed by atoms with van der Waals surface area (Å²) >= 11 is 11.9. The van der Waals surface area contributed by atoms with E-state index in [0.717, 1.165) is 24.9 Å². The number of rotatable bonds is 11. The molecule has 1 aliphatic rings. The predicted octanol–water partition coefficient (Wildman–Crippen LogP) is 3.92. The Hall–Kier alpha value is -3.08. The van der Waals surface area contributed by atoms with Crippen LogP contribution in [0.2, 0.25) is 10.0 Å². The topological polar surface area (TPSA) is 133 Å². The Morgan fingerprint density at radius 2 is 2.08 bits per heavy atom. The maximum Gasteiger partial charge on any atom is 0.319 e. The number of carbonyl (C=O) groups is 3. The summed E-state index contributed by atoms with van der Waals surface area (Å²) in [5.74, 6) is -1.02. The third-order valence-corrected chi connectivity index (χ3v) is 6.30. The number of nitrogens with one attached hydrogen (secondary N) is 3. The minimum Gasteiger partial charge on any atom is -0.481 e. The summed E-state index contributed by atoms with van der Waals surface area (Å²) in [4.78, 5) is 42.1. The molecule has 2 heterocycles. The Morgan fingerprint density at radius 3 is 2.81 bits per heavy atom. The van der Waals surface area contributed by atoms with E-state index in [9.17, 15) is 14.4 Å². The number of carbonyl (C=O) groups excluding carboxylic acids is 2. The van der Waals surface area contributed by atoms with Gasteiger partial charge in [0, 0.05) is 37.6 Å². The molecule has 0 saturated carbocycles. The fourth-order valence-corrected chi connectivity index (χ4v) is 4.42. The van der Waals surface area contributed by atoms with Crippen molar-refractivity contribution < 1.29 is 24.2 Å². The molecule has 12 heteroatoms. The minimum atomic E-state index is -0.829. The molecule has 1 fully saturated rings. The van der Waals surface area contributed by atoms with Crippen LogP contribution in [-0.4, -0.2) is 64.7 Å². The van der Waals surface area contributed by atoms with Crippen LogP contribution in [0.25, 0.3) is 0 Å². The summed E-state index contributed by atoms with van der Waals surface area (Å²) in [6, 6.07) is 8.27. The SMILES string of the molecule is CCC(Oc1ncc(Cl)cc1Cl)C(=O)NCc1cccc(NC(=O)NC2CCCN(CCC(=O)O)C2)c1. The van der Waals surface area contributed by atoms with E-state index in [0.29, 0.717) is 30.2 Å². The van der Waals surface area contributed by atoms with Crippen LogP contribution in [0.4, 0.5) is 10.5 Å². The van der Waals surface area contributed by atoms with Crippen molar-refractivity contribution in [2.24, 2.45) is 0 Å². The fourth-order valence-electron chi connectivity index (χ4n) is 3.99. The number of hydrogen-bond acceptors (Lipinski definition) is 6. The number of benzene rings is 1. The van der Waals surface area contributed by atoms with Crippen LogP contribution in [0.5, 0.6) is 5.88 Å². The Labute approximate surface area is 225 Å². The molecule has 2 aromatic rings. The molecular weight excluding hydrogens is 521 g/mol. The molecule has 37 heavy (non-hydrogen) atoms. The molecule has 3 rings (SSSR count). The summed E-state index contributed by atoms with van der Waals surface area (Å²) in [6.07, 6.45) is 2.82. The molecule has 10 nitrogen and oxygen atoms in total.